The minimum atomic E-state index is 0.633. The van der Waals surface area contributed by atoms with Crippen molar-refractivity contribution in [2.45, 2.75) is 13.0 Å². The number of benzene rings is 2. The average Bonchev–Trinajstić information content (AvgIpc) is 2.96. The SMILES string of the molecule is Clc1cc2c(c(CNCCOc3ccccc3)c1)OCC2. The number of nitrogens with one attached hydrogen (secondary N) is 1. The lowest BCUT2D eigenvalue weighted by Gasteiger charge is -2.11. The summed E-state index contributed by atoms with van der Waals surface area (Å²) >= 11 is 6.14. The largest absolute Gasteiger partial charge is 0.493 e. The summed E-state index contributed by atoms with van der Waals surface area (Å²) in [5.41, 5.74) is 2.33. The summed E-state index contributed by atoms with van der Waals surface area (Å²) in [6, 6.07) is 13.8. The Hall–Kier alpha value is -1.71. The molecule has 3 nitrogen and oxygen atoms in total. The van der Waals surface area contributed by atoms with Gasteiger partial charge in [0.15, 0.2) is 0 Å². The molecule has 0 fully saturated rings. The molecule has 2 aromatic rings. The van der Waals surface area contributed by atoms with Gasteiger partial charge in [-0.2, -0.15) is 0 Å². The first-order valence-electron chi connectivity index (χ1n) is 7.15. The van der Waals surface area contributed by atoms with Crippen LogP contribution in [0, 0.1) is 0 Å². The van der Waals surface area contributed by atoms with Gasteiger partial charge in [-0.05, 0) is 29.8 Å². The van der Waals surface area contributed by atoms with Gasteiger partial charge in [-0.15, -0.1) is 0 Å². The first kappa shape index (κ1) is 14.2. The van der Waals surface area contributed by atoms with Crippen molar-refractivity contribution in [1.29, 1.82) is 0 Å². The number of ether oxygens (including phenoxy) is 2. The zero-order valence-corrected chi connectivity index (χ0v) is 12.5. The van der Waals surface area contributed by atoms with Crippen molar-refractivity contribution in [3.8, 4) is 11.5 Å². The molecule has 3 rings (SSSR count). The third kappa shape index (κ3) is 3.69. The Morgan fingerprint density at radius 2 is 2.05 bits per heavy atom. The Morgan fingerprint density at radius 1 is 1.19 bits per heavy atom. The van der Waals surface area contributed by atoms with Gasteiger partial charge in [-0.25, -0.2) is 0 Å². The van der Waals surface area contributed by atoms with Crippen LogP contribution < -0.4 is 14.8 Å². The summed E-state index contributed by atoms with van der Waals surface area (Å²) in [5, 5.41) is 4.14. The maximum absolute atomic E-state index is 6.14. The maximum atomic E-state index is 6.14. The first-order chi connectivity index (χ1) is 10.3. The van der Waals surface area contributed by atoms with E-state index in [1.54, 1.807) is 0 Å². The molecule has 0 unspecified atom stereocenters. The van der Waals surface area contributed by atoms with Crippen molar-refractivity contribution < 1.29 is 9.47 Å². The lowest BCUT2D eigenvalue weighted by Crippen LogP contribution is -2.20. The Balaban J connectivity index is 1.48. The number of hydrogen-bond acceptors (Lipinski definition) is 3. The van der Waals surface area contributed by atoms with Gasteiger partial charge in [-0.1, -0.05) is 29.8 Å². The van der Waals surface area contributed by atoms with E-state index in [0.717, 1.165) is 48.2 Å². The smallest absolute Gasteiger partial charge is 0.127 e. The molecule has 0 radical (unpaired) electrons. The highest BCUT2D eigenvalue weighted by atomic mass is 35.5. The van der Waals surface area contributed by atoms with E-state index in [2.05, 4.69) is 5.32 Å². The van der Waals surface area contributed by atoms with Crippen molar-refractivity contribution in [2.75, 3.05) is 19.8 Å². The van der Waals surface area contributed by atoms with Crippen LogP contribution in [0.15, 0.2) is 42.5 Å². The maximum Gasteiger partial charge on any atom is 0.127 e. The van der Waals surface area contributed by atoms with E-state index < -0.39 is 0 Å². The molecule has 110 valence electrons. The van der Waals surface area contributed by atoms with Gasteiger partial charge >= 0.3 is 0 Å². The van der Waals surface area contributed by atoms with E-state index in [4.69, 9.17) is 21.1 Å². The molecule has 0 aromatic heterocycles. The summed E-state index contributed by atoms with van der Waals surface area (Å²) in [4.78, 5) is 0. The van der Waals surface area contributed by atoms with Crippen molar-refractivity contribution in [2.24, 2.45) is 0 Å². The van der Waals surface area contributed by atoms with Gasteiger partial charge in [0.05, 0.1) is 6.61 Å². The number of para-hydroxylation sites is 1. The molecule has 21 heavy (non-hydrogen) atoms. The molecule has 0 saturated carbocycles. The van der Waals surface area contributed by atoms with E-state index in [0.29, 0.717) is 6.61 Å². The predicted molar refractivity (Wildman–Crippen MR) is 84.3 cm³/mol. The second-order valence-electron chi connectivity index (χ2n) is 4.99. The second-order valence-corrected chi connectivity index (χ2v) is 5.43. The topological polar surface area (TPSA) is 30.5 Å². The van der Waals surface area contributed by atoms with E-state index >= 15 is 0 Å². The Labute approximate surface area is 129 Å². The fourth-order valence-electron chi connectivity index (χ4n) is 2.46. The summed E-state index contributed by atoms with van der Waals surface area (Å²) in [5.74, 6) is 1.89. The van der Waals surface area contributed by atoms with Crippen molar-refractivity contribution >= 4 is 11.6 Å². The molecule has 0 saturated heterocycles. The summed E-state index contributed by atoms with van der Waals surface area (Å²) in [7, 11) is 0. The molecular formula is C17H18ClNO2. The number of halogens is 1. The molecule has 0 spiro atoms. The third-order valence-corrected chi connectivity index (χ3v) is 3.65. The third-order valence-electron chi connectivity index (χ3n) is 3.43. The highest BCUT2D eigenvalue weighted by Crippen LogP contribution is 2.32. The van der Waals surface area contributed by atoms with Crippen LogP contribution in [0.3, 0.4) is 0 Å². The Kier molecular flexibility index (Phi) is 4.63. The van der Waals surface area contributed by atoms with Gasteiger partial charge in [0.25, 0.3) is 0 Å². The van der Waals surface area contributed by atoms with Crippen molar-refractivity contribution in [1.82, 2.24) is 5.32 Å². The minimum absolute atomic E-state index is 0.633. The molecule has 0 amide bonds. The van der Waals surface area contributed by atoms with Gasteiger partial charge in [0.1, 0.15) is 18.1 Å². The highest BCUT2D eigenvalue weighted by molar-refractivity contribution is 6.30. The fraction of sp³-hybridized carbons (Fsp3) is 0.294. The Morgan fingerprint density at radius 3 is 2.90 bits per heavy atom. The minimum Gasteiger partial charge on any atom is -0.493 e. The van der Waals surface area contributed by atoms with Crippen LogP contribution in [0.2, 0.25) is 5.02 Å². The molecule has 0 bridgehead atoms. The molecule has 1 N–H and O–H groups in total. The number of rotatable bonds is 6. The van der Waals surface area contributed by atoms with E-state index in [9.17, 15) is 0 Å². The monoisotopic (exact) mass is 303 g/mol. The van der Waals surface area contributed by atoms with Crippen molar-refractivity contribution in [3.63, 3.8) is 0 Å². The summed E-state index contributed by atoms with van der Waals surface area (Å²) in [6.45, 7) is 2.89. The fourth-order valence-corrected chi connectivity index (χ4v) is 2.72. The standard InChI is InChI=1S/C17H18ClNO2/c18-15-10-13-6-8-21-17(13)14(11-15)12-19-7-9-20-16-4-2-1-3-5-16/h1-5,10-11,19H,6-9,12H2. The molecule has 1 aliphatic heterocycles. The highest BCUT2D eigenvalue weighted by Gasteiger charge is 2.17. The number of fused-ring (bicyclic) bond motifs is 1. The van der Waals surface area contributed by atoms with Crippen LogP contribution in [0.1, 0.15) is 11.1 Å². The van der Waals surface area contributed by atoms with Crippen LogP contribution in [-0.2, 0) is 13.0 Å². The van der Waals surface area contributed by atoms with E-state index in [1.807, 2.05) is 42.5 Å². The second kappa shape index (κ2) is 6.83. The molecule has 0 atom stereocenters. The van der Waals surface area contributed by atoms with Gasteiger partial charge in [-0.3, -0.25) is 0 Å². The van der Waals surface area contributed by atoms with Crippen LogP contribution in [0.5, 0.6) is 11.5 Å². The molecular weight excluding hydrogens is 286 g/mol. The van der Waals surface area contributed by atoms with Gasteiger partial charge in [0, 0.05) is 30.1 Å². The van der Waals surface area contributed by atoms with E-state index in [1.165, 1.54) is 5.56 Å². The molecule has 1 aliphatic rings. The molecule has 1 heterocycles. The average molecular weight is 304 g/mol. The van der Waals surface area contributed by atoms with E-state index in [-0.39, 0.29) is 0 Å². The van der Waals surface area contributed by atoms with Crippen LogP contribution in [0.25, 0.3) is 0 Å². The Bertz CT molecular complexity index is 601. The zero-order chi connectivity index (χ0) is 14.5. The molecule has 2 aromatic carbocycles. The quantitative estimate of drug-likeness (QED) is 0.829. The molecule has 0 aliphatic carbocycles. The van der Waals surface area contributed by atoms with Gasteiger partial charge < -0.3 is 14.8 Å². The number of hydrogen-bond donors (Lipinski definition) is 1. The van der Waals surface area contributed by atoms with Crippen LogP contribution in [-0.4, -0.2) is 19.8 Å². The lowest BCUT2D eigenvalue weighted by molar-refractivity contribution is 0.312. The van der Waals surface area contributed by atoms with Gasteiger partial charge in [0.2, 0.25) is 0 Å². The summed E-state index contributed by atoms with van der Waals surface area (Å²) < 4.78 is 11.3. The van der Waals surface area contributed by atoms with Crippen molar-refractivity contribution in [3.05, 3.63) is 58.6 Å². The lowest BCUT2D eigenvalue weighted by atomic mass is 10.1. The molecule has 4 heteroatoms. The summed E-state index contributed by atoms with van der Waals surface area (Å²) in [6.07, 6.45) is 0.944. The van der Waals surface area contributed by atoms with Crippen LogP contribution >= 0.6 is 11.6 Å². The normalized spacial score (nSPS) is 12.8. The van der Waals surface area contributed by atoms with Crippen LogP contribution in [0.4, 0.5) is 0 Å². The zero-order valence-electron chi connectivity index (χ0n) is 11.8. The predicted octanol–water partition coefficient (Wildman–Crippen LogP) is 3.44. The first-order valence-corrected chi connectivity index (χ1v) is 7.53.